The standard InChI is InChI=1S/C14H13NO4S/c15-20(17,18)13-8-6-12(7-9-13)19-10-14(16)11-4-2-1-3-5-11/h1-9H,10H2,(H2,15,17,18). The molecule has 0 unspecified atom stereocenters. The Labute approximate surface area is 117 Å². The molecule has 2 rings (SSSR count). The molecule has 0 aliphatic rings. The lowest BCUT2D eigenvalue weighted by atomic mass is 10.1. The lowest BCUT2D eigenvalue weighted by molar-refractivity contribution is 0.0921. The number of hydrogen-bond donors (Lipinski definition) is 1. The monoisotopic (exact) mass is 291 g/mol. The van der Waals surface area contributed by atoms with Gasteiger partial charge in [0, 0.05) is 5.56 Å². The summed E-state index contributed by atoms with van der Waals surface area (Å²) < 4.78 is 27.5. The van der Waals surface area contributed by atoms with Crippen molar-refractivity contribution < 1.29 is 17.9 Å². The minimum Gasteiger partial charge on any atom is -0.485 e. The molecule has 0 atom stereocenters. The van der Waals surface area contributed by atoms with Crippen LogP contribution in [0.5, 0.6) is 5.75 Å². The molecule has 0 aliphatic heterocycles. The Morgan fingerprint density at radius 2 is 1.60 bits per heavy atom. The molecule has 5 nitrogen and oxygen atoms in total. The van der Waals surface area contributed by atoms with Crippen molar-refractivity contribution in [2.24, 2.45) is 5.14 Å². The maximum absolute atomic E-state index is 11.8. The SMILES string of the molecule is NS(=O)(=O)c1ccc(OCC(=O)c2ccccc2)cc1. The molecule has 6 heteroatoms. The highest BCUT2D eigenvalue weighted by Crippen LogP contribution is 2.15. The Hall–Kier alpha value is -2.18. The summed E-state index contributed by atoms with van der Waals surface area (Å²) in [6.07, 6.45) is 0. The second kappa shape index (κ2) is 5.85. The summed E-state index contributed by atoms with van der Waals surface area (Å²) in [4.78, 5) is 11.8. The number of Topliss-reactive ketones (excluding diaryl/α,β-unsaturated/α-hetero) is 1. The van der Waals surface area contributed by atoms with Gasteiger partial charge in [0.1, 0.15) is 5.75 Å². The van der Waals surface area contributed by atoms with Crippen LogP contribution < -0.4 is 9.88 Å². The van der Waals surface area contributed by atoms with Gasteiger partial charge in [-0.2, -0.15) is 0 Å². The smallest absolute Gasteiger partial charge is 0.238 e. The van der Waals surface area contributed by atoms with E-state index >= 15 is 0 Å². The maximum Gasteiger partial charge on any atom is 0.238 e. The number of carbonyl (C=O) groups is 1. The molecule has 2 aromatic rings. The van der Waals surface area contributed by atoms with Crippen molar-refractivity contribution in [2.45, 2.75) is 4.90 Å². The third-order valence-corrected chi connectivity index (χ3v) is 3.55. The van der Waals surface area contributed by atoms with Gasteiger partial charge in [0.15, 0.2) is 12.4 Å². The lowest BCUT2D eigenvalue weighted by Crippen LogP contribution is -2.13. The van der Waals surface area contributed by atoms with E-state index in [4.69, 9.17) is 9.88 Å². The number of ether oxygens (including phenoxy) is 1. The zero-order chi connectivity index (χ0) is 14.6. The average Bonchev–Trinajstić information content (AvgIpc) is 2.45. The number of hydrogen-bond acceptors (Lipinski definition) is 4. The van der Waals surface area contributed by atoms with Crippen LogP contribution in [0.1, 0.15) is 10.4 Å². The number of rotatable bonds is 5. The molecular weight excluding hydrogens is 278 g/mol. The molecule has 0 aliphatic carbocycles. The van der Waals surface area contributed by atoms with Crippen LogP contribution in [0, 0.1) is 0 Å². The van der Waals surface area contributed by atoms with E-state index in [1.165, 1.54) is 24.3 Å². The summed E-state index contributed by atoms with van der Waals surface area (Å²) in [6, 6.07) is 14.4. The van der Waals surface area contributed by atoms with Crippen LogP contribution in [-0.4, -0.2) is 20.8 Å². The molecule has 2 N–H and O–H groups in total. The highest BCUT2D eigenvalue weighted by atomic mass is 32.2. The highest BCUT2D eigenvalue weighted by molar-refractivity contribution is 7.89. The first-order valence-electron chi connectivity index (χ1n) is 5.81. The normalized spacial score (nSPS) is 11.1. The topological polar surface area (TPSA) is 86.5 Å². The van der Waals surface area contributed by atoms with Crippen molar-refractivity contribution in [2.75, 3.05) is 6.61 Å². The first-order valence-corrected chi connectivity index (χ1v) is 7.35. The maximum atomic E-state index is 11.8. The minimum atomic E-state index is -3.72. The second-order valence-corrected chi connectivity index (χ2v) is 5.66. The van der Waals surface area contributed by atoms with Crippen molar-refractivity contribution in [1.29, 1.82) is 0 Å². The summed E-state index contributed by atoms with van der Waals surface area (Å²) in [6.45, 7) is -0.112. The Bertz CT molecular complexity index is 694. The average molecular weight is 291 g/mol. The van der Waals surface area contributed by atoms with Gasteiger partial charge >= 0.3 is 0 Å². The molecule has 0 saturated carbocycles. The number of carbonyl (C=O) groups excluding carboxylic acids is 1. The van der Waals surface area contributed by atoms with Gasteiger partial charge in [-0.3, -0.25) is 4.79 Å². The van der Waals surface area contributed by atoms with Gasteiger partial charge in [-0.1, -0.05) is 30.3 Å². The zero-order valence-electron chi connectivity index (χ0n) is 10.5. The molecule has 0 aromatic heterocycles. The van der Waals surface area contributed by atoms with Crippen LogP contribution in [0.25, 0.3) is 0 Å². The van der Waals surface area contributed by atoms with Crippen molar-refractivity contribution in [3.63, 3.8) is 0 Å². The van der Waals surface area contributed by atoms with Gasteiger partial charge in [-0.15, -0.1) is 0 Å². The van der Waals surface area contributed by atoms with Gasteiger partial charge in [0.05, 0.1) is 4.90 Å². The number of sulfonamides is 1. The highest BCUT2D eigenvalue weighted by Gasteiger charge is 2.09. The van der Waals surface area contributed by atoms with Gasteiger partial charge in [0.25, 0.3) is 0 Å². The van der Waals surface area contributed by atoms with Crippen LogP contribution in [0.3, 0.4) is 0 Å². The van der Waals surface area contributed by atoms with Crippen LogP contribution in [0.2, 0.25) is 0 Å². The number of nitrogens with two attached hydrogens (primary N) is 1. The van der Waals surface area contributed by atoms with E-state index in [0.717, 1.165) is 0 Å². The van der Waals surface area contributed by atoms with Crippen LogP contribution in [0.4, 0.5) is 0 Å². The van der Waals surface area contributed by atoms with Crippen LogP contribution in [0.15, 0.2) is 59.5 Å². The van der Waals surface area contributed by atoms with E-state index < -0.39 is 10.0 Å². The van der Waals surface area contributed by atoms with E-state index in [9.17, 15) is 13.2 Å². The number of ketones is 1. The Balaban J connectivity index is 2.00. The Morgan fingerprint density at radius 1 is 1.00 bits per heavy atom. The molecule has 0 amide bonds. The molecule has 0 saturated heterocycles. The first kappa shape index (κ1) is 14.2. The minimum absolute atomic E-state index is 0.000707. The molecule has 2 aromatic carbocycles. The van der Waals surface area contributed by atoms with Crippen molar-refractivity contribution >= 4 is 15.8 Å². The first-order chi connectivity index (χ1) is 9.47. The van der Waals surface area contributed by atoms with Crippen LogP contribution in [-0.2, 0) is 10.0 Å². The molecule has 20 heavy (non-hydrogen) atoms. The molecule has 0 radical (unpaired) electrons. The van der Waals surface area contributed by atoms with E-state index in [1.807, 2.05) is 6.07 Å². The Morgan fingerprint density at radius 3 is 2.15 bits per heavy atom. The van der Waals surface area contributed by atoms with Crippen molar-refractivity contribution in [3.05, 3.63) is 60.2 Å². The van der Waals surface area contributed by atoms with E-state index in [1.54, 1.807) is 24.3 Å². The van der Waals surface area contributed by atoms with Crippen molar-refractivity contribution in [1.82, 2.24) is 0 Å². The molecule has 104 valence electrons. The molecule has 0 bridgehead atoms. The number of primary sulfonamides is 1. The van der Waals surface area contributed by atoms with E-state index in [0.29, 0.717) is 11.3 Å². The fraction of sp³-hybridized carbons (Fsp3) is 0.0714. The predicted octanol–water partition coefficient (Wildman–Crippen LogP) is 1.60. The Kier molecular flexibility index (Phi) is 4.16. The van der Waals surface area contributed by atoms with E-state index in [2.05, 4.69) is 0 Å². The fourth-order valence-electron chi connectivity index (χ4n) is 1.58. The quantitative estimate of drug-likeness (QED) is 0.848. The zero-order valence-corrected chi connectivity index (χ0v) is 11.3. The van der Waals surface area contributed by atoms with Gasteiger partial charge in [-0.25, -0.2) is 13.6 Å². The fourth-order valence-corrected chi connectivity index (χ4v) is 2.10. The summed E-state index contributed by atoms with van der Waals surface area (Å²) in [5.41, 5.74) is 0.564. The summed E-state index contributed by atoms with van der Waals surface area (Å²) in [5.74, 6) is 0.253. The number of benzene rings is 2. The third-order valence-electron chi connectivity index (χ3n) is 2.62. The summed E-state index contributed by atoms with van der Waals surface area (Å²) >= 11 is 0. The largest absolute Gasteiger partial charge is 0.485 e. The molecule has 0 heterocycles. The molecular formula is C14H13NO4S. The van der Waals surface area contributed by atoms with Gasteiger partial charge < -0.3 is 4.74 Å². The van der Waals surface area contributed by atoms with Crippen molar-refractivity contribution in [3.8, 4) is 5.75 Å². The molecule has 0 fully saturated rings. The lowest BCUT2D eigenvalue weighted by Gasteiger charge is -2.06. The van der Waals surface area contributed by atoms with E-state index in [-0.39, 0.29) is 17.3 Å². The van der Waals surface area contributed by atoms with Crippen LogP contribution >= 0.6 is 0 Å². The van der Waals surface area contributed by atoms with Gasteiger partial charge in [0.2, 0.25) is 10.0 Å². The summed E-state index contributed by atoms with van der Waals surface area (Å²) in [7, 11) is -3.72. The predicted molar refractivity (Wildman–Crippen MR) is 74.1 cm³/mol. The molecule has 0 spiro atoms. The second-order valence-electron chi connectivity index (χ2n) is 4.09. The third kappa shape index (κ3) is 3.66. The van der Waals surface area contributed by atoms with Gasteiger partial charge in [-0.05, 0) is 24.3 Å². The summed E-state index contributed by atoms with van der Waals surface area (Å²) in [5, 5.41) is 4.98.